The Morgan fingerprint density at radius 3 is 2.11 bits per heavy atom. The van der Waals surface area contributed by atoms with Crippen LogP contribution in [-0.2, 0) is 7.05 Å². The molecule has 2 aromatic carbocycles. The lowest BCUT2D eigenvalue weighted by molar-refractivity contribution is 0.249. The molecule has 0 aliphatic carbocycles. The lowest BCUT2D eigenvalue weighted by atomic mass is 10.1. The van der Waals surface area contributed by atoms with E-state index in [0.29, 0.717) is 5.69 Å². The van der Waals surface area contributed by atoms with E-state index in [9.17, 15) is 4.79 Å². The molecule has 0 saturated heterocycles. The normalized spacial score (nSPS) is 11.5. The number of rotatable bonds is 6. The predicted octanol–water partition coefficient (Wildman–Crippen LogP) is 3.35. The summed E-state index contributed by atoms with van der Waals surface area (Å²) in [6.07, 6.45) is 3.55. The molecule has 1 unspecified atom stereocenters. The number of aryl methyl sites for hydroxylation is 1. The topological polar surface area (TPSA) is 77.4 Å². The van der Waals surface area contributed by atoms with Gasteiger partial charge in [0.05, 0.1) is 14.2 Å². The van der Waals surface area contributed by atoms with Crippen LogP contribution in [0.15, 0.2) is 60.9 Å². The van der Waals surface area contributed by atoms with Crippen LogP contribution in [0.25, 0.3) is 0 Å². The number of nitrogens with one attached hydrogen (secondary N) is 2. The maximum absolute atomic E-state index is 12.6. The molecule has 1 atom stereocenters. The Morgan fingerprint density at radius 1 is 1.00 bits per heavy atom. The zero-order valence-electron chi connectivity index (χ0n) is 15.5. The molecule has 0 aliphatic heterocycles. The predicted molar refractivity (Wildman–Crippen MR) is 103 cm³/mol. The van der Waals surface area contributed by atoms with Crippen molar-refractivity contribution in [3.05, 3.63) is 72.3 Å². The van der Waals surface area contributed by atoms with E-state index in [1.807, 2.05) is 42.1 Å². The number of anilines is 1. The van der Waals surface area contributed by atoms with Gasteiger partial charge in [0.2, 0.25) is 0 Å². The van der Waals surface area contributed by atoms with Crippen molar-refractivity contribution in [1.29, 1.82) is 0 Å². The first-order valence-corrected chi connectivity index (χ1v) is 8.43. The van der Waals surface area contributed by atoms with Crippen LogP contribution in [0.2, 0.25) is 0 Å². The number of nitrogens with zero attached hydrogens (tertiary/aromatic N) is 2. The smallest absolute Gasteiger partial charge is 0.320 e. The van der Waals surface area contributed by atoms with Crippen molar-refractivity contribution in [3.8, 4) is 11.5 Å². The number of carbonyl (C=O) groups is 1. The summed E-state index contributed by atoms with van der Waals surface area (Å²) in [5, 5.41) is 5.82. The van der Waals surface area contributed by atoms with Gasteiger partial charge in [-0.3, -0.25) is 0 Å². The molecule has 0 spiro atoms. The average molecular weight is 366 g/mol. The summed E-state index contributed by atoms with van der Waals surface area (Å²) in [5.41, 5.74) is 1.57. The molecule has 7 nitrogen and oxygen atoms in total. The molecular weight excluding hydrogens is 344 g/mol. The molecule has 0 saturated carbocycles. The highest BCUT2D eigenvalue weighted by Crippen LogP contribution is 2.23. The maximum atomic E-state index is 12.6. The van der Waals surface area contributed by atoms with Crippen LogP contribution in [0.3, 0.4) is 0 Å². The number of urea groups is 1. The molecule has 0 radical (unpaired) electrons. The summed E-state index contributed by atoms with van der Waals surface area (Å²) in [7, 11) is 5.11. The number of hydrogen-bond donors (Lipinski definition) is 2. The second-order valence-corrected chi connectivity index (χ2v) is 5.93. The molecule has 140 valence electrons. The minimum Gasteiger partial charge on any atom is -0.497 e. The van der Waals surface area contributed by atoms with Gasteiger partial charge in [-0.05, 0) is 42.0 Å². The van der Waals surface area contributed by atoms with Crippen LogP contribution in [-0.4, -0.2) is 29.8 Å². The molecule has 3 rings (SSSR count). The molecule has 1 heterocycles. The van der Waals surface area contributed by atoms with E-state index in [1.165, 1.54) is 0 Å². The Balaban J connectivity index is 1.80. The Hall–Kier alpha value is -3.48. The van der Waals surface area contributed by atoms with E-state index < -0.39 is 6.04 Å². The highest BCUT2D eigenvalue weighted by atomic mass is 16.5. The maximum Gasteiger partial charge on any atom is 0.320 e. The van der Waals surface area contributed by atoms with E-state index in [-0.39, 0.29) is 6.03 Å². The fourth-order valence-electron chi connectivity index (χ4n) is 2.72. The molecule has 7 heteroatoms. The first-order chi connectivity index (χ1) is 13.1. The minimum atomic E-state index is -0.408. The van der Waals surface area contributed by atoms with Gasteiger partial charge >= 0.3 is 6.03 Å². The van der Waals surface area contributed by atoms with Crippen molar-refractivity contribution in [2.45, 2.75) is 6.04 Å². The van der Waals surface area contributed by atoms with Crippen LogP contribution in [0, 0.1) is 0 Å². The van der Waals surface area contributed by atoms with Crippen LogP contribution < -0.4 is 20.1 Å². The molecule has 1 aromatic heterocycles. The van der Waals surface area contributed by atoms with Crippen molar-refractivity contribution in [2.75, 3.05) is 19.5 Å². The van der Waals surface area contributed by atoms with Crippen LogP contribution in [0.5, 0.6) is 11.5 Å². The van der Waals surface area contributed by atoms with Gasteiger partial charge in [0.15, 0.2) is 0 Å². The number of imidazole rings is 1. The van der Waals surface area contributed by atoms with Gasteiger partial charge in [-0.15, -0.1) is 0 Å². The third-order valence-electron chi connectivity index (χ3n) is 4.19. The summed E-state index contributed by atoms with van der Waals surface area (Å²) in [4.78, 5) is 17.0. The van der Waals surface area contributed by atoms with Crippen molar-refractivity contribution >= 4 is 11.7 Å². The zero-order chi connectivity index (χ0) is 19.2. The number of carbonyl (C=O) groups excluding carboxylic acids is 1. The highest BCUT2D eigenvalue weighted by molar-refractivity contribution is 5.89. The SMILES string of the molecule is COc1ccc(NC(=O)NC(c2ccc(OC)cc2)c2nccn2C)cc1. The van der Waals surface area contributed by atoms with Crippen molar-refractivity contribution < 1.29 is 14.3 Å². The van der Waals surface area contributed by atoms with Crippen LogP contribution in [0.1, 0.15) is 17.4 Å². The quantitative estimate of drug-likeness (QED) is 0.701. The summed E-state index contributed by atoms with van der Waals surface area (Å²) >= 11 is 0. The standard InChI is InChI=1S/C20H22N4O3/c1-24-13-12-21-19(24)18(14-4-8-16(26-2)9-5-14)23-20(25)22-15-6-10-17(27-3)11-7-15/h4-13,18H,1-3H3,(H2,22,23,25). The zero-order valence-corrected chi connectivity index (χ0v) is 15.5. The molecule has 2 N–H and O–H groups in total. The number of ether oxygens (including phenoxy) is 2. The monoisotopic (exact) mass is 366 g/mol. The van der Waals surface area contributed by atoms with Crippen LogP contribution in [0.4, 0.5) is 10.5 Å². The van der Waals surface area contributed by atoms with E-state index in [1.54, 1.807) is 44.7 Å². The van der Waals surface area contributed by atoms with Gasteiger partial charge in [0.1, 0.15) is 23.4 Å². The minimum absolute atomic E-state index is 0.330. The summed E-state index contributed by atoms with van der Waals surface area (Å²) in [5.74, 6) is 2.20. The van der Waals surface area contributed by atoms with Gasteiger partial charge in [-0.25, -0.2) is 9.78 Å². The van der Waals surface area contributed by atoms with Crippen molar-refractivity contribution in [3.63, 3.8) is 0 Å². The van der Waals surface area contributed by atoms with Crippen molar-refractivity contribution in [1.82, 2.24) is 14.9 Å². The number of hydrogen-bond acceptors (Lipinski definition) is 4. The Morgan fingerprint density at radius 2 is 1.59 bits per heavy atom. The average Bonchev–Trinajstić information content (AvgIpc) is 3.12. The lowest BCUT2D eigenvalue weighted by Crippen LogP contribution is -2.34. The van der Waals surface area contributed by atoms with Crippen molar-refractivity contribution in [2.24, 2.45) is 7.05 Å². The van der Waals surface area contributed by atoms with Gasteiger partial charge in [0.25, 0.3) is 0 Å². The fraction of sp³-hybridized carbons (Fsp3) is 0.200. The first-order valence-electron chi connectivity index (χ1n) is 8.43. The third-order valence-corrected chi connectivity index (χ3v) is 4.19. The van der Waals surface area contributed by atoms with Gasteiger partial charge in [0, 0.05) is 25.1 Å². The van der Waals surface area contributed by atoms with Gasteiger partial charge in [-0.1, -0.05) is 12.1 Å². The Bertz CT molecular complexity index is 888. The lowest BCUT2D eigenvalue weighted by Gasteiger charge is -2.20. The number of aromatic nitrogens is 2. The first kappa shape index (κ1) is 18.3. The van der Waals surface area contributed by atoms with Crippen LogP contribution >= 0.6 is 0 Å². The molecule has 27 heavy (non-hydrogen) atoms. The van der Waals surface area contributed by atoms with E-state index in [4.69, 9.17) is 9.47 Å². The largest absolute Gasteiger partial charge is 0.497 e. The highest BCUT2D eigenvalue weighted by Gasteiger charge is 2.21. The Kier molecular flexibility index (Phi) is 5.61. The number of amides is 2. The van der Waals surface area contributed by atoms with E-state index in [2.05, 4.69) is 15.6 Å². The Labute approximate surface area is 157 Å². The molecule has 3 aromatic rings. The van der Waals surface area contributed by atoms with E-state index >= 15 is 0 Å². The van der Waals surface area contributed by atoms with Gasteiger partial charge < -0.3 is 24.7 Å². The molecule has 0 bridgehead atoms. The third kappa shape index (κ3) is 4.38. The number of benzene rings is 2. The molecule has 0 aliphatic rings. The molecular formula is C20H22N4O3. The summed E-state index contributed by atoms with van der Waals surface area (Å²) < 4.78 is 12.2. The van der Waals surface area contributed by atoms with E-state index in [0.717, 1.165) is 22.9 Å². The molecule has 2 amide bonds. The summed E-state index contributed by atoms with van der Waals surface area (Å²) in [6.45, 7) is 0. The van der Waals surface area contributed by atoms with Gasteiger partial charge in [-0.2, -0.15) is 0 Å². The fourth-order valence-corrected chi connectivity index (χ4v) is 2.72. The summed E-state index contributed by atoms with van der Waals surface area (Å²) in [6, 6.07) is 13.9. The second kappa shape index (κ2) is 8.27. The second-order valence-electron chi connectivity index (χ2n) is 5.93. The number of methoxy groups -OCH3 is 2. The molecule has 0 fully saturated rings.